The van der Waals surface area contributed by atoms with Gasteiger partial charge in [-0.15, -0.1) is 0 Å². The molecule has 1 fully saturated rings. The Hall–Kier alpha value is -1.32. The molecule has 4 nitrogen and oxygen atoms in total. The lowest BCUT2D eigenvalue weighted by Gasteiger charge is -2.43. The van der Waals surface area contributed by atoms with Crippen LogP contribution in [0.1, 0.15) is 221 Å². The Labute approximate surface area is 319 Å². The Kier molecular flexibility index (Phi) is 25.3. The Morgan fingerprint density at radius 2 is 0.941 bits per heavy atom. The first-order valence-corrected chi connectivity index (χ1v) is 23.2. The van der Waals surface area contributed by atoms with Gasteiger partial charge in [0.1, 0.15) is 0 Å². The summed E-state index contributed by atoms with van der Waals surface area (Å²) in [7, 11) is 0. The van der Waals surface area contributed by atoms with Crippen molar-refractivity contribution in [2.24, 2.45) is 29.1 Å². The van der Waals surface area contributed by atoms with Crippen LogP contribution in [0.3, 0.4) is 0 Å². The van der Waals surface area contributed by atoms with Crippen LogP contribution in [0.5, 0.6) is 0 Å². The highest BCUT2D eigenvalue weighted by molar-refractivity contribution is 5.87. The summed E-state index contributed by atoms with van der Waals surface area (Å²) in [5.41, 5.74) is -0.167. The Balaban J connectivity index is 2.32. The van der Waals surface area contributed by atoms with E-state index in [9.17, 15) is 4.79 Å². The van der Waals surface area contributed by atoms with Crippen molar-refractivity contribution in [1.82, 2.24) is 9.80 Å². The molecule has 5 unspecified atom stereocenters. The summed E-state index contributed by atoms with van der Waals surface area (Å²) in [6.45, 7) is 17.3. The van der Waals surface area contributed by atoms with Crippen LogP contribution in [0.25, 0.3) is 0 Å². The summed E-state index contributed by atoms with van der Waals surface area (Å²) in [5.74, 6) is 2.04. The van der Waals surface area contributed by atoms with Gasteiger partial charge in [-0.25, -0.2) is 0 Å². The summed E-state index contributed by atoms with van der Waals surface area (Å²) < 4.78 is 0. The predicted molar refractivity (Wildman–Crippen MR) is 222 cm³/mol. The number of carbonyl (C=O) groups is 2. The highest BCUT2D eigenvalue weighted by Gasteiger charge is 2.59. The average molecular weight is 713 g/mol. The van der Waals surface area contributed by atoms with Gasteiger partial charge in [-0.2, -0.15) is 0 Å². The monoisotopic (exact) mass is 713 g/mol. The second-order valence-corrected chi connectivity index (χ2v) is 17.0. The molecule has 0 aliphatic heterocycles. The molecule has 2 amide bonds. The summed E-state index contributed by atoms with van der Waals surface area (Å²) in [4.78, 5) is 34.3. The van der Waals surface area contributed by atoms with Crippen molar-refractivity contribution in [2.45, 2.75) is 221 Å². The minimum atomic E-state index is -0.232. The van der Waals surface area contributed by atoms with E-state index in [-0.39, 0.29) is 17.2 Å². The molecule has 2 rings (SSSR count). The predicted octanol–water partition coefficient (Wildman–Crippen LogP) is 13.7. The van der Waals surface area contributed by atoms with Crippen LogP contribution in [-0.2, 0) is 9.59 Å². The lowest BCUT2D eigenvalue weighted by Crippen LogP contribution is -2.49. The molecule has 1 saturated carbocycles. The van der Waals surface area contributed by atoms with E-state index in [0.29, 0.717) is 30.1 Å². The highest BCUT2D eigenvalue weighted by atomic mass is 16.2. The first-order valence-electron chi connectivity index (χ1n) is 23.2. The third-order valence-corrected chi connectivity index (χ3v) is 13.0. The molecule has 0 aromatic heterocycles. The second-order valence-electron chi connectivity index (χ2n) is 17.0. The number of allylic oxidation sites excluding steroid dienone is 2. The molecule has 0 aromatic rings. The number of hydrogen-bond acceptors (Lipinski definition) is 2. The third kappa shape index (κ3) is 15.9. The van der Waals surface area contributed by atoms with Crippen molar-refractivity contribution in [1.29, 1.82) is 0 Å². The fraction of sp³-hybridized carbons (Fsp3) is 0.915. The molecule has 298 valence electrons. The molecule has 2 aliphatic carbocycles. The maximum absolute atomic E-state index is 15.2. The molecule has 0 spiro atoms. The topological polar surface area (TPSA) is 40.6 Å². The molecule has 5 atom stereocenters. The van der Waals surface area contributed by atoms with Gasteiger partial charge in [-0.3, -0.25) is 9.59 Å². The molecule has 51 heavy (non-hydrogen) atoms. The number of fused-ring (bicyclic) bond motifs is 2. The summed E-state index contributed by atoms with van der Waals surface area (Å²) in [6, 6.07) is 0. The van der Waals surface area contributed by atoms with E-state index in [4.69, 9.17) is 0 Å². The van der Waals surface area contributed by atoms with Crippen LogP contribution in [0.2, 0.25) is 0 Å². The van der Waals surface area contributed by atoms with Gasteiger partial charge in [0.05, 0.1) is 5.92 Å². The van der Waals surface area contributed by atoms with Crippen molar-refractivity contribution in [3.8, 4) is 0 Å². The lowest BCUT2D eigenvalue weighted by atomic mass is 9.63. The van der Waals surface area contributed by atoms with E-state index in [0.717, 1.165) is 64.7 Å². The molecule has 0 saturated heterocycles. The molecule has 2 aliphatic rings. The minimum absolute atomic E-state index is 0.167. The number of carbonyl (C=O) groups excluding carboxylic acids is 2. The molecule has 4 heteroatoms. The van der Waals surface area contributed by atoms with Crippen molar-refractivity contribution < 1.29 is 9.59 Å². The molecule has 0 heterocycles. The maximum atomic E-state index is 15.2. The third-order valence-electron chi connectivity index (χ3n) is 13.0. The first-order chi connectivity index (χ1) is 24.9. The average Bonchev–Trinajstić information content (AvgIpc) is 3.71. The van der Waals surface area contributed by atoms with Gasteiger partial charge in [-0.1, -0.05) is 195 Å². The van der Waals surface area contributed by atoms with Crippen LogP contribution >= 0.6 is 0 Å². The van der Waals surface area contributed by atoms with Crippen LogP contribution in [-0.4, -0.2) is 47.8 Å². The van der Waals surface area contributed by atoms with Gasteiger partial charge in [-0.05, 0) is 49.9 Å². The zero-order chi connectivity index (χ0) is 37.2. The number of hydrogen-bond donors (Lipinski definition) is 0. The number of amides is 2. The zero-order valence-electron chi connectivity index (χ0n) is 35.3. The fourth-order valence-electron chi connectivity index (χ4n) is 9.96. The SMILES string of the molecule is CCCCCCCCN(CCCCCCCC)C(=O)CC(C(=O)N(CCCCCCCC)CCCCCCCC)C12C=CC(C1)C(CC)C2CC. The van der Waals surface area contributed by atoms with Crippen molar-refractivity contribution >= 4 is 11.8 Å². The summed E-state index contributed by atoms with van der Waals surface area (Å²) >= 11 is 0. The standard InChI is InChI=1S/C47H88N2O2/c1-7-13-17-21-25-29-35-48(36-30-26-22-18-14-8-2)45(50)39-44(47-34-33-41(40-47)42(11-5)43(47)12-6)46(51)49(37-31-27-23-19-15-9-3)38-32-28-24-20-16-10-4/h33-34,41-44H,7-32,35-40H2,1-6H3. The molecular formula is C47H88N2O2. The van der Waals surface area contributed by atoms with Crippen LogP contribution in [0, 0.1) is 29.1 Å². The second kappa shape index (κ2) is 28.2. The molecule has 0 radical (unpaired) electrons. The van der Waals surface area contributed by atoms with Gasteiger partial charge in [0.25, 0.3) is 0 Å². The van der Waals surface area contributed by atoms with Crippen molar-refractivity contribution in [2.75, 3.05) is 26.2 Å². The van der Waals surface area contributed by atoms with E-state index in [2.05, 4.69) is 63.5 Å². The van der Waals surface area contributed by atoms with Gasteiger partial charge in [0.15, 0.2) is 0 Å². The quantitative estimate of drug-likeness (QED) is 0.0492. The number of unbranched alkanes of at least 4 members (excludes halogenated alkanes) is 20. The lowest BCUT2D eigenvalue weighted by molar-refractivity contribution is -0.146. The zero-order valence-corrected chi connectivity index (χ0v) is 35.3. The van der Waals surface area contributed by atoms with E-state index in [1.165, 1.54) is 135 Å². The van der Waals surface area contributed by atoms with E-state index in [1.807, 2.05) is 0 Å². The van der Waals surface area contributed by atoms with Gasteiger partial charge < -0.3 is 9.80 Å². The van der Waals surface area contributed by atoms with Gasteiger partial charge in [0, 0.05) is 38.0 Å². The van der Waals surface area contributed by atoms with Gasteiger partial charge in [0.2, 0.25) is 11.8 Å². The maximum Gasteiger partial charge on any atom is 0.227 e. The molecular weight excluding hydrogens is 625 g/mol. The Morgan fingerprint density at radius 3 is 1.33 bits per heavy atom. The Bertz CT molecular complexity index is 884. The number of nitrogens with zero attached hydrogens (tertiary/aromatic N) is 2. The van der Waals surface area contributed by atoms with E-state index >= 15 is 4.79 Å². The molecule has 2 bridgehead atoms. The van der Waals surface area contributed by atoms with Crippen LogP contribution in [0.15, 0.2) is 12.2 Å². The van der Waals surface area contributed by atoms with Gasteiger partial charge >= 0.3 is 0 Å². The smallest absolute Gasteiger partial charge is 0.227 e. The number of rotatable bonds is 34. The van der Waals surface area contributed by atoms with E-state index < -0.39 is 0 Å². The summed E-state index contributed by atoms with van der Waals surface area (Å²) in [6.07, 6.45) is 38.5. The largest absolute Gasteiger partial charge is 0.343 e. The highest BCUT2D eigenvalue weighted by Crippen LogP contribution is 2.63. The van der Waals surface area contributed by atoms with E-state index in [1.54, 1.807) is 0 Å². The minimum Gasteiger partial charge on any atom is -0.343 e. The van der Waals surface area contributed by atoms with Crippen molar-refractivity contribution in [3.63, 3.8) is 0 Å². The van der Waals surface area contributed by atoms with Crippen LogP contribution in [0.4, 0.5) is 0 Å². The fourth-order valence-corrected chi connectivity index (χ4v) is 9.96. The molecule has 0 aromatic carbocycles. The Morgan fingerprint density at radius 1 is 0.549 bits per heavy atom. The van der Waals surface area contributed by atoms with Crippen LogP contribution < -0.4 is 0 Å². The van der Waals surface area contributed by atoms with Crippen molar-refractivity contribution in [3.05, 3.63) is 12.2 Å². The normalized spacial score (nSPS) is 21.4. The summed E-state index contributed by atoms with van der Waals surface area (Å²) in [5, 5.41) is 0. The molecule has 0 N–H and O–H groups in total. The first kappa shape index (κ1) is 45.8.